The van der Waals surface area contributed by atoms with Gasteiger partial charge in [0.2, 0.25) is 5.91 Å². The summed E-state index contributed by atoms with van der Waals surface area (Å²) in [4.78, 5) is 37.1. The van der Waals surface area contributed by atoms with E-state index in [1.54, 1.807) is 20.8 Å². The van der Waals surface area contributed by atoms with Crippen LogP contribution in [0.5, 0.6) is 0 Å². The zero-order chi connectivity index (χ0) is 32.0. The Balaban J connectivity index is 1.42. The molecule has 6 heteroatoms. The van der Waals surface area contributed by atoms with Crippen LogP contribution in [0.25, 0.3) is 0 Å². The van der Waals surface area contributed by atoms with E-state index >= 15 is 0 Å². The molecule has 5 saturated carbocycles. The van der Waals surface area contributed by atoms with Crippen molar-refractivity contribution in [2.24, 2.45) is 56.7 Å². The Morgan fingerprint density at radius 2 is 1.53 bits per heavy atom. The number of carbonyl (C=O) groups is 3. The maximum absolute atomic E-state index is 13.0. The van der Waals surface area contributed by atoms with Crippen molar-refractivity contribution in [3.63, 3.8) is 0 Å². The van der Waals surface area contributed by atoms with Gasteiger partial charge in [0.25, 0.3) is 0 Å². The van der Waals surface area contributed by atoms with E-state index in [-0.39, 0.29) is 45.6 Å². The number of carboxylic acid groups (broad SMARTS) is 1. The Hall–Kier alpha value is -1.85. The minimum atomic E-state index is -1.13. The minimum Gasteiger partial charge on any atom is -0.481 e. The zero-order valence-corrected chi connectivity index (χ0v) is 28.5. The highest BCUT2D eigenvalue weighted by molar-refractivity contribution is 5.81. The standard InChI is InChI=1S/C37H59NO5/c1-22(2)24-13-18-37(38-23(3)39)20-19-35(9)25(30(24)37)11-12-27-34(8)16-15-28(43-29(40)21-32(4,5)31(41)42)33(6,7)26(34)14-17-36(27,35)10/h24-28,30H,1,11-21H2,2-10H3,(H,38,39)(H,41,42)/t24-,25+,26?,27?,28-,30?,34-,35+,36+,37-/m0/s1. The number of carbonyl (C=O) groups excluding carboxylic acids is 2. The van der Waals surface area contributed by atoms with Gasteiger partial charge < -0.3 is 15.2 Å². The molecule has 5 fully saturated rings. The second-order valence-electron chi connectivity index (χ2n) is 17.7. The summed E-state index contributed by atoms with van der Waals surface area (Å²) in [6, 6.07) is 0. The van der Waals surface area contributed by atoms with Gasteiger partial charge in [0.15, 0.2) is 0 Å². The van der Waals surface area contributed by atoms with Crippen molar-refractivity contribution in [2.45, 2.75) is 145 Å². The summed E-state index contributed by atoms with van der Waals surface area (Å²) in [5, 5.41) is 13.1. The molecule has 10 atom stereocenters. The number of nitrogens with one attached hydrogen (secondary N) is 1. The molecule has 0 spiro atoms. The lowest BCUT2D eigenvalue weighted by molar-refractivity contribution is -0.246. The summed E-state index contributed by atoms with van der Waals surface area (Å²) >= 11 is 0. The van der Waals surface area contributed by atoms with Crippen molar-refractivity contribution in [1.82, 2.24) is 5.32 Å². The molecular formula is C37H59NO5. The average molecular weight is 598 g/mol. The van der Waals surface area contributed by atoms with E-state index in [2.05, 4.69) is 53.4 Å². The first kappa shape index (κ1) is 32.5. The van der Waals surface area contributed by atoms with Gasteiger partial charge in [0.1, 0.15) is 6.10 Å². The zero-order valence-electron chi connectivity index (χ0n) is 28.5. The number of allylic oxidation sites excluding steroid dienone is 1. The van der Waals surface area contributed by atoms with Gasteiger partial charge in [-0.15, -0.1) is 0 Å². The minimum absolute atomic E-state index is 0.0942. The van der Waals surface area contributed by atoms with Crippen molar-refractivity contribution < 1.29 is 24.2 Å². The van der Waals surface area contributed by atoms with Crippen LogP contribution in [0.2, 0.25) is 0 Å². The van der Waals surface area contributed by atoms with Gasteiger partial charge in [0, 0.05) is 17.9 Å². The summed E-state index contributed by atoms with van der Waals surface area (Å²) in [6.07, 6.45) is 10.7. The fourth-order valence-corrected chi connectivity index (χ4v) is 12.5. The molecule has 1 amide bonds. The Labute approximate surface area is 260 Å². The predicted molar refractivity (Wildman–Crippen MR) is 169 cm³/mol. The molecule has 0 aromatic rings. The summed E-state index contributed by atoms with van der Waals surface area (Å²) in [6.45, 7) is 23.9. The van der Waals surface area contributed by atoms with Gasteiger partial charge in [-0.25, -0.2) is 0 Å². The molecule has 43 heavy (non-hydrogen) atoms. The monoisotopic (exact) mass is 597 g/mol. The van der Waals surface area contributed by atoms with Crippen LogP contribution in [-0.4, -0.2) is 34.6 Å². The number of hydrogen-bond donors (Lipinski definition) is 2. The van der Waals surface area contributed by atoms with E-state index in [9.17, 15) is 19.5 Å². The van der Waals surface area contributed by atoms with Crippen molar-refractivity contribution in [3.05, 3.63) is 12.2 Å². The molecule has 6 nitrogen and oxygen atoms in total. The third-order valence-corrected chi connectivity index (χ3v) is 14.9. The van der Waals surface area contributed by atoms with E-state index in [0.29, 0.717) is 29.6 Å². The van der Waals surface area contributed by atoms with Crippen molar-refractivity contribution in [2.75, 3.05) is 0 Å². The highest BCUT2D eigenvalue weighted by Crippen LogP contribution is 2.76. The van der Waals surface area contributed by atoms with E-state index in [1.165, 1.54) is 24.8 Å². The number of aliphatic carboxylic acids is 1. The number of carboxylic acids is 1. The number of esters is 1. The highest BCUT2D eigenvalue weighted by atomic mass is 16.5. The van der Waals surface area contributed by atoms with Gasteiger partial charge in [-0.3, -0.25) is 14.4 Å². The van der Waals surface area contributed by atoms with Crippen molar-refractivity contribution in [1.29, 1.82) is 0 Å². The normalized spacial score (nSPS) is 45.0. The lowest BCUT2D eigenvalue weighted by Gasteiger charge is -2.73. The third-order valence-electron chi connectivity index (χ3n) is 14.9. The van der Waals surface area contributed by atoms with Gasteiger partial charge in [0.05, 0.1) is 11.8 Å². The molecular weight excluding hydrogens is 538 g/mol. The number of ether oxygens (including phenoxy) is 1. The van der Waals surface area contributed by atoms with Gasteiger partial charge in [-0.1, -0.05) is 46.8 Å². The predicted octanol–water partition coefficient (Wildman–Crippen LogP) is 7.95. The largest absolute Gasteiger partial charge is 0.481 e. The molecule has 0 bridgehead atoms. The molecule has 0 radical (unpaired) electrons. The first-order valence-electron chi connectivity index (χ1n) is 17.1. The third kappa shape index (κ3) is 4.73. The van der Waals surface area contributed by atoms with Gasteiger partial charge >= 0.3 is 11.9 Å². The highest BCUT2D eigenvalue weighted by Gasteiger charge is 2.71. The second-order valence-corrected chi connectivity index (χ2v) is 17.7. The Bertz CT molecular complexity index is 1190. The molecule has 0 aromatic heterocycles. The van der Waals surface area contributed by atoms with E-state index < -0.39 is 17.4 Å². The molecule has 0 heterocycles. The summed E-state index contributed by atoms with van der Waals surface area (Å²) in [5.41, 5.74) is 0.433. The van der Waals surface area contributed by atoms with Crippen LogP contribution in [0.1, 0.15) is 133 Å². The maximum Gasteiger partial charge on any atom is 0.309 e. The van der Waals surface area contributed by atoms with E-state index in [4.69, 9.17) is 4.74 Å². The van der Waals surface area contributed by atoms with E-state index in [0.717, 1.165) is 44.9 Å². The van der Waals surface area contributed by atoms with Crippen LogP contribution in [0.4, 0.5) is 0 Å². The molecule has 2 N–H and O–H groups in total. The number of rotatable bonds is 6. The van der Waals surface area contributed by atoms with Crippen LogP contribution in [-0.2, 0) is 19.1 Å². The van der Waals surface area contributed by atoms with Crippen LogP contribution in [0, 0.1) is 56.7 Å². The first-order valence-corrected chi connectivity index (χ1v) is 17.1. The molecule has 3 unspecified atom stereocenters. The topological polar surface area (TPSA) is 92.7 Å². The van der Waals surface area contributed by atoms with Crippen LogP contribution >= 0.6 is 0 Å². The molecule has 5 rings (SSSR count). The SMILES string of the molecule is C=C(C)[C@@H]1CC[C@]2(NC(C)=O)CC[C@]3(C)[C@H](CCC4[C@@]5(C)CC[C@H](OC(=O)CC(C)(C)C(=O)O)C(C)(C)C5CC[C@]43C)C12. The quantitative estimate of drug-likeness (QED) is 0.239. The lowest BCUT2D eigenvalue weighted by Crippen LogP contribution is -2.69. The van der Waals surface area contributed by atoms with Gasteiger partial charge in [-0.2, -0.15) is 0 Å². The Morgan fingerprint density at radius 1 is 0.860 bits per heavy atom. The Morgan fingerprint density at radius 3 is 2.14 bits per heavy atom. The second kappa shape index (κ2) is 10.3. The molecule has 5 aliphatic carbocycles. The summed E-state index contributed by atoms with van der Waals surface area (Å²) in [7, 11) is 0. The maximum atomic E-state index is 13.0. The summed E-state index contributed by atoms with van der Waals surface area (Å²) in [5.74, 6) is 1.28. The van der Waals surface area contributed by atoms with Gasteiger partial charge in [-0.05, 0) is 131 Å². The number of hydrogen-bond acceptors (Lipinski definition) is 4. The van der Waals surface area contributed by atoms with E-state index in [1.807, 2.05) is 0 Å². The number of amides is 1. The fourth-order valence-electron chi connectivity index (χ4n) is 12.5. The fraction of sp³-hybridized carbons (Fsp3) is 0.865. The van der Waals surface area contributed by atoms with Crippen molar-refractivity contribution in [3.8, 4) is 0 Å². The molecule has 0 aromatic carbocycles. The molecule has 5 aliphatic rings. The first-order chi connectivity index (χ1) is 19.7. The van der Waals surface area contributed by atoms with Crippen LogP contribution in [0.15, 0.2) is 12.2 Å². The van der Waals surface area contributed by atoms with Crippen LogP contribution in [0.3, 0.4) is 0 Å². The van der Waals surface area contributed by atoms with Crippen molar-refractivity contribution >= 4 is 17.8 Å². The number of fused-ring (bicyclic) bond motifs is 7. The molecule has 0 saturated heterocycles. The Kier molecular flexibility index (Phi) is 7.82. The smallest absolute Gasteiger partial charge is 0.309 e. The summed E-state index contributed by atoms with van der Waals surface area (Å²) < 4.78 is 6.13. The molecule has 0 aliphatic heterocycles. The molecule has 242 valence electrons. The lowest BCUT2D eigenvalue weighted by atomic mass is 9.32. The van der Waals surface area contributed by atoms with Crippen LogP contribution < -0.4 is 5.32 Å². The average Bonchev–Trinajstić information content (AvgIpc) is 3.25.